The van der Waals surface area contributed by atoms with Gasteiger partial charge in [0.1, 0.15) is 6.23 Å². The lowest BCUT2D eigenvalue weighted by Gasteiger charge is -2.33. The largest absolute Gasteiger partial charge is 0.394 e. The molecular weight excluding hydrogens is 338 g/mol. The summed E-state index contributed by atoms with van der Waals surface area (Å²) < 4.78 is 0. The molecule has 26 heavy (non-hydrogen) atoms. The van der Waals surface area contributed by atoms with E-state index in [9.17, 15) is 24.6 Å². The number of rotatable bonds is 3. The molecule has 3 aliphatic rings. The molecule has 8 nitrogen and oxygen atoms in total. The maximum absolute atomic E-state index is 12.9. The summed E-state index contributed by atoms with van der Waals surface area (Å²) in [4.78, 5) is 40.1. The molecule has 0 aromatic heterocycles. The molecule has 0 bridgehead atoms. The first-order valence-electron chi connectivity index (χ1n) is 8.88. The number of anilines is 1. The molecular formula is C18H21N3O5. The Morgan fingerprint density at radius 2 is 1.88 bits per heavy atom. The molecule has 0 radical (unpaired) electrons. The van der Waals surface area contributed by atoms with Crippen molar-refractivity contribution < 1.29 is 24.6 Å². The topological polar surface area (TPSA) is 110 Å². The molecule has 2 fully saturated rings. The van der Waals surface area contributed by atoms with Crippen molar-refractivity contribution in [1.29, 1.82) is 0 Å². The molecule has 3 aliphatic heterocycles. The lowest BCUT2D eigenvalue weighted by molar-refractivity contribution is -0.129. The Bertz CT molecular complexity index is 780. The van der Waals surface area contributed by atoms with E-state index in [0.717, 1.165) is 30.0 Å². The number of carbonyl (C=O) groups excluding carboxylic acids is 3. The number of nitrogens with zero attached hydrogens (tertiary/aromatic N) is 2. The van der Waals surface area contributed by atoms with Crippen molar-refractivity contribution in [3.8, 4) is 0 Å². The molecule has 8 heteroatoms. The summed E-state index contributed by atoms with van der Waals surface area (Å²) >= 11 is 0. The lowest BCUT2D eigenvalue weighted by atomic mass is 10.0. The molecule has 0 saturated carbocycles. The normalized spacial score (nSPS) is 28.5. The quantitative estimate of drug-likeness (QED) is 0.647. The minimum atomic E-state index is -1.25. The Morgan fingerprint density at radius 1 is 1.12 bits per heavy atom. The summed E-state index contributed by atoms with van der Waals surface area (Å²) in [7, 11) is 0. The summed E-state index contributed by atoms with van der Waals surface area (Å²) in [5, 5.41) is 22.0. The van der Waals surface area contributed by atoms with Crippen LogP contribution < -0.4 is 10.2 Å². The van der Waals surface area contributed by atoms with E-state index < -0.39 is 24.1 Å². The Morgan fingerprint density at radius 3 is 2.62 bits per heavy atom. The highest BCUT2D eigenvalue weighted by molar-refractivity contribution is 6.22. The number of amides is 3. The molecule has 3 N–H and O–H groups in total. The zero-order valence-corrected chi connectivity index (χ0v) is 14.2. The number of hydrogen-bond donors (Lipinski definition) is 3. The van der Waals surface area contributed by atoms with E-state index in [-0.39, 0.29) is 31.4 Å². The van der Waals surface area contributed by atoms with Crippen LogP contribution in [-0.2, 0) is 4.79 Å². The van der Waals surface area contributed by atoms with Crippen LogP contribution in [0.5, 0.6) is 0 Å². The Kier molecular flexibility index (Phi) is 4.16. The second-order valence-corrected chi connectivity index (χ2v) is 7.00. The molecule has 3 heterocycles. The van der Waals surface area contributed by atoms with Crippen molar-refractivity contribution in [2.24, 2.45) is 0 Å². The molecule has 1 aromatic rings. The van der Waals surface area contributed by atoms with Crippen molar-refractivity contribution in [1.82, 2.24) is 10.2 Å². The van der Waals surface area contributed by atoms with Gasteiger partial charge in [0.15, 0.2) is 0 Å². The predicted octanol–water partition coefficient (Wildman–Crippen LogP) is -0.159. The van der Waals surface area contributed by atoms with E-state index in [2.05, 4.69) is 10.2 Å². The van der Waals surface area contributed by atoms with Gasteiger partial charge in [-0.05, 0) is 37.5 Å². The van der Waals surface area contributed by atoms with Crippen LogP contribution in [-0.4, -0.2) is 64.3 Å². The minimum Gasteiger partial charge on any atom is -0.394 e. The number of nitrogens with one attached hydrogen (secondary N) is 1. The monoisotopic (exact) mass is 359 g/mol. The van der Waals surface area contributed by atoms with Gasteiger partial charge in [-0.3, -0.25) is 19.3 Å². The second-order valence-electron chi connectivity index (χ2n) is 7.00. The molecule has 0 aliphatic carbocycles. The van der Waals surface area contributed by atoms with Crippen molar-refractivity contribution >= 4 is 23.4 Å². The van der Waals surface area contributed by atoms with Crippen LogP contribution >= 0.6 is 0 Å². The first kappa shape index (κ1) is 17.0. The Balaban J connectivity index is 1.63. The Labute approximate surface area is 150 Å². The number of fused-ring (bicyclic) bond motifs is 1. The highest BCUT2D eigenvalue weighted by Crippen LogP contribution is 2.33. The maximum Gasteiger partial charge on any atom is 0.262 e. The molecule has 0 spiro atoms. The summed E-state index contributed by atoms with van der Waals surface area (Å²) in [5.41, 5.74) is 1.42. The van der Waals surface area contributed by atoms with Gasteiger partial charge in [0.25, 0.3) is 11.8 Å². The molecule has 2 saturated heterocycles. The number of piperidine rings is 1. The molecule has 138 valence electrons. The van der Waals surface area contributed by atoms with Crippen molar-refractivity contribution in [2.45, 2.75) is 44.0 Å². The van der Waals surface area contributed by atoms with Crippen LogP contribution in [0.1, 0.15) is 46.4 Å². The SMILES string of the molecule is O=C1CCC(N2C(=O)c3ccc(N4CCC[C@H]4CO)cc3C2=O)C(O)N1. The van der Waals surface area contributed by atoms with Gasteiger partial charge < -0.3 is 20.4 Å². The fourth-order valence-electron chi connectivity index (χ4n) is 4.13. The maximum atomic E-state index is 12.9. The number of aliphatic hydroxyl groups excluding tert-OH is 2. The van der Waals surface area contributed by atoms with Crippen LogP contribution in [0.15, 0.2) is 18.2 Å². The van der Waals surface area contributed by atoms with Crippen LogP contribution in [0.3, 0.4) is 0 Å². The average molecular weight is 359 g/mol. The van der Waals surface area contributed by atoms with Crippen molar-refractivity contribution in [3.63, 3.8) is 0 Å². The third-order valence-electron chi connectivity index (χ3n) is 5.49. The van der Waals surface area contributed by atoms with Gasteiger partial charge in [-0.2, -0.15) is 0 Å². The lowest BCUT2D eigenvalue weighted by Crippen LogP contribution is -2.57. The van der Waals surface area contributed by atoms with Gasteiger partial charge in [-0.15, -0.1) is 0 Å². The van der Waals surface area contributed by atoms with Gasteiger partial charge in [0, 0.05) is 18.7 Å². The molecule has 1 aromatic carbocycles. The highest BCUT2D eigenvalue weighted by Gasteiger charge is 2.44. The van der Waals surface area contributed by atoms with Crippen LogP contribution in [0.25, 0.3) is 0 Å². The van der Waals surface area contributed by atoms with Gasteiger partial charge >= 0.3 is 0 Å². The van der Waals surface area contributed by atoms with Gasteiger partial charge in [0.2, 0.25) is 5.91 Å². The van der Waals surface area contributed by atoms with Crippen molar-refractivity contribution in [3.05, 3.63) is 29.3 Å². The molecule has 3 atom stereocenters. The number of hydrogen-bond acceptors (Lipinski definition) is 6. The summed E-state index contributed by atoms with van der Waals surface area (Å²) in [6.07, 6.45) is 1.00. The van der Waals surface area contributed by atoms with E-state index in [1.54, 1.807) is 18.2 Å². The third-order valence-corrected chi connectivity index (χ3v) is 5.49. The van der Waals surface area contributed by atoms with E-state index in [0.29, 0.717) is 11.1 Å². The predicted molar refractivity (Wildman–Crippen MR) is 91.6 cm³/mol. The van der Waals surface area contributed by atoms with Gasteiger partial charge in [0.05, 0.1) is 29.8 Å². The van der Waals surface area contributed by atoms with Gasteiger partial charge in [-0.25, -0.2) is 0 Å². The fraction of sp³-hybridized carbons (Fsp3) is 0.500. The third kappa shape index (κ3) is 2.57. The summed E-state index contributed by atoms with van der Waals surface area (Å²) in [6.45, 7) is 0.841. The van der Waals surface area contributed by atoms with E-state index in [1.165, 1.54) is 0 Å². The van der Waals surface area contributed by atoms with Crippen LogP contribution in [0.2, 0.25) is 0 Å². The zero-order valence-electron chi connectivity index (χ0n) is 14.2. The number of aliphatic hydroxyl groups is 2. The Hall–Kier alpha value is -2.45. The number of imide groups is 1. The molecule has 4 rings (SSSR count). The van der Waals surface area contributed by atoms with E-state index in [1.807, 2.05) is 0 Å². The van der Waals surface area contributed by atoms with Gasteiger partial charge in [-0.1, -0.05) is 0 Å². The van der Waals surface area contributed by atoms with Crippen molar-refractivity contribution in [2.75, 3.05) is 18.1 Å². The van der Waals surface area contributed by atoms with Crippen LogP contribution in [0, 0.1) is 0 Å². The standard InChI is InChI=1S/C18H21N3O5/c22-9-11-2-1-7-20(11)10-3-4-12-13(8-10)18(26)21(17(12)25)14-5-6-15(23)19-16(14)24/h3-4,8,11,14,16,22,24H,1-2,5-7,9H2,(H,19,23)/t11-,14?,16?/m0/s1. The fourth-order valence-corrected chi connectivity index (χ4v) is 4.13. The zero-order chi connectivity index (χ0) is 18.4. The van der Waals surface area contributed by atoms with Crippen LogP contribution in [0.4, 0.5) is 5.69 Å². The number of carbonyl (C=O) groups is 3. The first-order chi connectivity index (χ1) is 12.5. The minimum absolute atomic E-state index is 0.0201. The molecule has 2 unspecified atom stereocenters. The second kappa shape index (κ2) is 6.37. The number of benzene rings is 1. The van der Waals surface area contributed by atoms with E-state index in [4.69, 9.17) is 0 Å². The average Bonchev–Trinajstić information content (AvgIpc) is 3.19. The first-order valence-corrected chi connectivity index (χ1v) is 8.88. The summed E-state index contributed by atoms with van der Waals surface area (Å²) in [5.74, 6) is -1.19. The smallest absolute Gasteiger partial charge is 0.262 e. The molecule has 3 amide bonds. The van der Waals surface area contributed by atoms with E-state index >= 15 is 0 Å². The highest BCUT2D eigenvalue weighted by atomic mass is 16.3. The summed E-state index contributed by atoms with van der Waals surface area (Å²) in [6, 6.07) is 4.37.